The minimum atomic E-state index is 0.0441. The van der Waals surface area contributed by atoms with E-state index in [1.807, 2.05) is 6.92 Å². The summed E-state index contributed by atoms with van der Waals surface area (Å²) in [5.41, 5.74) is 0. The maximum atomic E-state index is 7.74. The van der Waals surface area contributed by atoms with Crippen molar-refractivity contribution in [3.05, 3.63) is 0 Å². The van der Waals surface area contributed by atoms with Crippen molar-refractivity contribution in [3.63, 3.8) is 0 Å². The Labute approximate surface area is 114 Å². The lowest BCUT2D eigenvalue weighted by molar-refractivity contribution is -0.0773. The fourth-order valence-corrected chi connectivity index (χ4v) is 2.62. The zero-order valence-electron chi connectivity index (χ0n) is 17.0. The van der Waals surface area contributed by atoms with E-state index in [1.165, 1.54) is 0 Å². The molecule has 2 rings (SSSR count). The maximum Gasteiger partial charge on any atom is 0.122 e. The molecule has 0 aliphatic carbocycles. The Bertz CT molecular complexity index is 283. The lowest BCUT2D eigenvalue weighted by Crippen LogP contribution is -2.48. The van der Waals surface area contributed by atoms with Crippen molar-refractivity contribution in [3.8, 4) is 0 Å². The molecule has 0 aromatic carbocycles. The van der Waals surface area contributed by atoms with E-state index < -0.39 is 0 Å². The van der Waals surface area contributed by atoms with Crippen molar-refractivity contribution in [1.29, 1.82) is 0 Å². The summed E-state index contributed by atoms with van der Waals surface area (Å²) in [5, 5.41) is 1.60. The van der Waals surface area contributed by atoms with Crippen molar-refractivity contribution in [1.82, 2.24) is 10.2 Å². The first-order valence-corrected chi connectivity index (χ1v) is 6.63. The lowest BCUT2D eigenvalue weighted by Gasteiger charge is -2.36. The van der Waals surface area contributed by atoms with Crippen LogP contribution in [-0.2, 0) is 9.47 Å². The molecule has 0 aromatic heterocycles. The van der Waals surface area contributed by atoms with Gasteiger partial charge in [-0.2, -0.15) is 0 Å². The second-order valence-electron chi connectivity index (χ2n) is 5.27. The molecule has 2 aliphatic heterocycles. The standard InChI is InChI=1S/C13H26N2O2.2H2/c1-10-6-14-7-13(17-10)4-5-15-8-11(2)16-12(3)9-15;;/h10-14H,4-9H2,1-3H3;2*1H/i2T;2*1+2T/hT. The van der Waals surface area contributed by atoms with Gasteiger partial charge in [0.25, 0.3) is 0 Å². The van der Waals surface area contributed by atoms with Crippen LogP contribution in [-0.4, -0.2) is 62.0 Å². The Kier molecular flexibility index (Phi) is 3.20. The number of morpholine rings is 2. The third kappa shape index (κ3) is 4.21. The van der Waals surface area contributed by atoms with Gasteiger partial charge in [-0.1, -0.05) is 0 Å². The maximum absolute atomic E-state index is 7.74. The molecule has 0 amide bonds. The van der Waals surface area contributed by atoms with Crippen LogP contribution in [0.5, 0.6) is 0 Å². The number of hydrogen-bond donors (Lipinski definition) is 1. The Hall–Kier alpha value is -0.160. The zero-order valence-corrected chi connectivity index (χ0v) is 11.0. The molecule has 104 valence electrons. The highest BCUT2D eigenvalue weighted by molar-refractivity contribution is 4.77. The Balaban J connectivity index is 0.00000112. The zero-order chi connectivity index (χ0) is 17.8. The van der Waals surface area contributed by atoms with Crippen LogP contribution in [0.4, 0.5) is 0 Å². The van der Waals surface area contributed by atoms with Crippen LogP contribution in [0.2, 0.25) is 1.41 Å². The van der Waals surface area contributed by atoms with Gasteiger partial charge in [0.2, 0.25) is 0 Å². The van der Waals surface area contributed by atoms with E-state index in [9.17, 15) is 0 Å². The van der Waals surface area contributed by atoms with Crippen LogP contribution >= 0.6 is 0 Å². The van der Waals surface area contributed by atoms with Gasteiger partial charge in [-0.15, -0.1) is 0 Å². The number of nitrogens with zero attached hydrogens (tertiary/aromatic N) is 1. The Morgan fingerprint density at radius 1 is 1.35 bits per heavy atom. The molecule has 4 nitrogen and oxygen atoms in total. The monoisotopic (exact) mass is 258 g/mol. The average Bonchev–Trinajstić information content (AvgIpc) is 2.55. The van der Waals surface area contributed by atoms with Gasteiger partial charge in [-0.05, 0) is 27.2 Å². The van der Waals surface area contributed by atoms with Crippen LogP contribution in [0.3, 0.4) is 0 Å². The van der Waals surface area contributed by atoms with E-state index in [1.54, 1.807) is 5.31 Å². The molecule has 4 unspecified atom stereocenters. The summed E-state index contributed by atoms with van der Waals surface area (Å²) in [7, 11) is 0. The molecular weight excluding hydrogens is 216 g/mol. The minimum Gasteiger partial charge on any atom is -0.373 e. The quantitative estimate of drug-likeness (QED) is 0.829. The summed E-state index contributed by atoms with van der Waals surface area (Å²) in [4.78, 5) is 2.37. The third-order valence-corrected chi connectivity index (χ3v) is 3.31. The molecule has 4 heteroatoms. The second kappa shape index (κ2) is 6.14. The first-order chi connectivity index (χ1) is 11.1. The summed E-state index contributed by atoms with van der Waals surface area (Å²) in [5.74, 6) is 0. The largest absolute Gasteiger partial charge is 0.373 e. The van der Waals surface area contributed by atoms with Gasteiger partial charge < -0.3 is 14.8 Å². The fourth-order valence-electron chi connectivity index (χ4n) is 2.62. The molecule has 0 spiro atoms. The number of hydrogen-bond acceptors (Lipinski definition) is 4. The van der Waals surface area contributed by atoms with E-state index in [0.717, 1.165) is 26.1 Å². The summed E-state index contributed by atoms with van der Waals surface area (Å²) in [6, 6.07) is 0. The first kappa shape index (κ1) is 8.86. The molecule has 4 atom stereocenters. The molecule has 1 N–H and O–H groups in total. The normalized spacial score (nSPS) is 44.1. The fraction of sp³-hybridized carbons (Fsp3) is 1.00. The van der Waals surface area contributed by atoms with Crippen LogP contribution < -0.4 is 5.31 Å². The van der Waals surface area contributed by atoms with Crippen LogP contribution in [0.1, 0.15) is 34.5 Å². The molecular formula is C13H30N2O2. The van der Waals surface area contributed by atoms with Gasteiger partial charge in [0.05, 0.1) is 24.4 Å². The lowest BCUT2D eigenvalue weighted by atomic mass is 10.1. The highest BCUT2D eigenvalue weighted by atomic mass is 16.5. The Morgan fingerprint density at radius 2 is 2.18 bits per heavy atom. The number of nitrogens with one attached hydrogen (secondary N) is 1. The van der Waals surface area contributed by atoms with Crippen molar-refractivity contribution in [2.75, 3.05) is 32.7 Å². The number of ether oxygens (including phenoxy) is 2. The predicted octanol–water partition coefficient (Wildman–Crippen LogP) is 1.35. The molecule has 17 heavy (non-hydrogen) atoms. The van der Waals surface area contributed by atoms with E-state index in [-0.39, 0.29) is 24.4 Å². The molecule has 2 saturated heterocycles. The van der Waals surface area contributed by atoms with Crippen molar-refractivity contribution in [2.45, 2.75) is 51.6 Å². The summed E-state index contributed by atoms with van der Waals surface area (Å²) in [6.45, 7) is 8.58. The van der Waals surface area contributed by atoms with Gasteiger partial charge in [0.1, 0.15) is 1.41 Å². The average molecular weight is 258 g/mol. The predicted molar refractivity (Wildman–Crippen MR) is 72.5 cm³/mol. The topological polar surface area (TPSA) is 33.7 Å². The van der Waals surface area contributed by atoms with Gasteiger partial charge in [-0.25, -0.2) is 0 Å². The second-order valence-corrected chi connectivity index (χ2v) is 5.27. The van der Waals surface area contributed by atoms with E-state index in [4.69, 9.17) is 18.2 Å². The Morgan fingerprint density at radius 3 is 2.94 bits per heavy atom. The summed E-state index contributed by atoms with van der Waals surface area (Å²) < 4.78 is 46.8. The first-order valence-electron chi connectivity index (χ1n) is 9.78. The molecule has 0 bridgehead atoms. The molecule has 0 saturated carbocycles. The van der Waals surface area contributed by atoms with Crippen LogP contribution in [0.25, 0.3) is 0 Å². The SMILES string of the molecule is [3H]CC1CN(CCC2CN([3H])CC(C)O2)CC(C)O1.[3H][3H].[3H][3H]. The van der Waals surface area contributed by atoms with Crippen molar-refractivity contribution >= 4 is 0 Å². The summed E-state index contributed by atoms with van der Waals surface area (Å²) in [6.07, 6.45) is 1.53. The van der Waals surface area contributed by atoms with Gasteiger partial charge in [0.15, 0.2) is 0 Å². The van der Waals surface area contributed by atoms with Crippen LogP contribution in [0, 0.1) is 0 Å². The molecule has 2 heterocycles. The van der Waals surface area contributed by atoms with E-state index >= 15 is 0 Å². The molecule has 2 aliphatic rings. The van der Waals surface area contributed by atoms with Crippen molar-refractivity contribution < 1.29 is 18.2 Å². The van der Waals surface area contributed by atoms with Crippen molar-refractivity contribution in [2.24, 2.45) is 0 Å². The third-order valence-electron chi connectivity index (χ3n) is 3.31. The highest BCUT2D eigenvalue weighted by Crippen LogP contribution is 2.13. The summed E-state index contributed by atoms with van der Waals surface area (Å²) >= 11 is 0. The smallest absolute Gasteiger partial charge is 0.122 e. The molecule has 2 fully saturated rings. The van der Waals surface area contributed by atoms with E-state index in [2.05, 4.69) is 11.8 Å². The van der Waals surface area contributed by atoms with Gasteiger partial charge in [-0.3, -0.25) is 4.90 Å². The highest BCUT2D eigenvalue weighted by Gasteiger charge is 2.24. The van der Waals surface area contributed by atoms with E-state index in [0.29, 0.717) is 20.0 Å². The minimum absolute atomic E-state index is 0.0441. The van der Waals surface area contributed by atoms with Crippen LogP contribution in [0.15, 0.2) is 0 Å². The molecule has 0 radical (unpaired) electrons. The van der Waals surface area contributed by atoms with Gasteiger partial charge >= 0.3 is 0 Å². The van der Waals surface area contributed by atoms with Gasteiger partial charge in [0, 0.05) is 40.0 Å². The molecule has 0 aromatic rings. The number of rotatable bonds is 3.